The number of likely N-dealkylation sites (N-methyl/N-ethyl adjacent to an activating group) is 1. The van der Waals surface area contributed by atoms with Gasteiger partial charge >= 0.3 is 0 Å². The van der Waals surface area contributed by atoms with Crippen LogP contribution in [0.3, 0.4) is 0 Å². The largest absolute Gasteiger partial charge is 0.342 e. The van der Waals surface area contributed by atoms with Crippen molar-refractivity contribution in [3.8, 4) is 0 Å². The Morgan fingerprint density at radius 3 is 2.56 bits per heavy atom. The molecule has 0 aliphatic heterocycles. The number of hydrogen-bond donors (Lipinski definition) is 1. The van der Waals surface area contributed by atoms with Gasteiger partial charge in [-0.05, 0) is 38.0 Å². The summed E-state index contributed by atoms with van der Waals surface area (Å²) in [7, 11) is 1.91. The van der Waals surface area contributed by atoms with Crippen LogP contribution in [0.4, 0.5) is 0 Å². The summed E-state index contributed by atoms with van der Waals surface area (Å²) in [5.41, 5.74) is 5.65. The lowest BCUT2D eigenvalue weighted by molar-refractivity contribution is -0.138. The first-order valence-electron chi connectivity index (χ1n) is 7.60. The van der Waals surface area contributed by atoms with Gasteiger partial charge in [0.2, 0.25) is 5.91 Å². The van der Waals surface area contributed by atoms with Crippen molar-refractivity contribution in [2.75, 3.05) is 13.6 Å². The van der Waals surface area contributed by atoms with Crippen LogP contribution in [0, 0.1) is 17.8 Å². The highest BCUT2D eigenvalue weighted by Gasteiger charge is 2.36. The van der Waals surface area contributed by atoms with Gasteiger partial charge in [-0.15, -0.1) is 0 Å². The van der Waals surface area contributed by atoms with E-state index in [1.165, 1.54) is 32.1 Å². The maximum Gasteiger partial charge on any atom is 0.225 e. The van der Waals surface area contributed by atoms with E-state index in [-0.39, 0.29) is 12.0 Å². The fourth-order valence-electron chi connectivity index (χ4n) is 3.76. The molecule has 0 saturated heterocycles. The summed E-state index contributed by atoms with van der Waals surface area (Å²) in [5.74, 6) is 2.34. The van der Waals surface area contributed by atoms with Gasteiger partial charge in [-0.2, -0.15) is 0 Å². The second-order valence-electron chi connectivity index (χ2n) is 6.35. The number of fused-ring (bicyclic) bond motifs is 1. The molecular formula is C15H28N2O. The lowest BCUT2D eigenvalue weighted by atomic mass is 9.67. The normalized spacial score (nSPS) is 33.6. The van der Waals surface area contributed by atoms with E-state index in [1.54, 1.807) is 0 Å². The third kappa shape index (κ3) is 2.87. The second-order valence-corrected chi connectivity index (χ2v) is 6.35. The summed E-state index contributed by atoms with van der Waals surface area (Å²) in [6.45, 7) is 2.59. The van der Waals surface area contributed by atoms with Crippen LogP contribution >= 0.6 is 0 Å². The third-order valence-corrected chi connectivity index (χ3v) is 5.24. The molecule has 2 aliphatic rings. The molecule has 0 spiro atoms. The SMILES string of the molecule is CC(CN)N(C)C(=O)C1CCC2CCCCC2C1. The molecule has 104 valence electrons. The van der Waals surface area contributed by atoms with Crippen LogP contribution in [0.2, 0.25) is 0 Å². The van der Waals surface area contributed by atoms with E-state index in [0.29, 0.717) is 12.5 Å². The van der Waals surface area contributed by atoms with Gasteiger partial charge in [-0.3, -0.25) is 4.79 Å². The van der Waals surface area contributed by atoms with Crippen LogP contribution in [-0.4, -0.2) is 30.4 Å². The molecule has 4 atom stereocenters. The monoisotopic (exact) mass is 252 g/mol. The van der Waals surface area contributed by atoms with Crippen LogP contribution in [0.25, 0.3) is 0 Å². The van der Waals surface area contributed by atoms with E-state index in [9.17, 15) is 4.79 Å². The molecule has 2 fully saturated rings. The molecule has 0 aromatic rings. The van der Waals surface area contributed by atoms with Crippen LogP contribution < -0.4 is 5.73 Å². The Hall–Kier alpha value is -0.570. The van der Waals surface area contributed by atoms with Crippen molar-refractivity contribution in [3.05, 3.63) is 0 Å². The summed E-state index contributed by atoms with van der Waals surface area (Å²) in [6.07, 6.45) is 9.03. The summed E-state index contributed by atoms with van der Waals surface area (Å²) in [6, 6.07) is 0.168. The zero-order chi connectivity index (χ0) is 13.1. The average molecular weight is 252 g/mol. The minimum atomic E-state index is 0.168. The van der Waals surface area contributed by atoms with Crippen molar-refractivity contribution < 1.29 is 4.79 Å². The average Bonchev–Trinajstić information content (AvgIpc) is 2.44. The minimum absolute atomic E-state index is 0.168. The van der Waals surface area contributed by atoms with E-state index in [4.69, 9.17) is 5.73 Å². The molecule has 0 radical (unpaired) electrons. The molecule has 18 heavy (non-hydrogen) atoms. The van der Waals surface area contributed by atoms with Gasteiger partial charge in [0.05, 0.1) is 0 Å². The first kappa shape index (κ1) is 13.9. The summed E-state index contributed by atoms with van der Waals surface area (Å²) in [5, 5.41) is 0. The molecule has 0 aromatic carbocycles. The van der Waals surface area contributed by atoms with Crippen molar-refractivity contribution in [2.45, 2.75) is 57.9 Å². The van der Waals surface area contributed by atoms with Gasteiger partial charge in [0.1, 0.15) is 0 Å². The lowest BCUT2D eigenvalue weighted by Crippen LogP contribution is -2.44. The van der Waals surface area contributed by atoms with E-state index in [0.717, 1.165) is 24.7 Å². The minimum Gasteiger partial charge on any atom is -0.342 e. The quantitative estimate of drug-likeness (QED) is 0.838. The highest BCUT2D eigenvalue weighted by Crippen LogP contribution is 2.43. The second kappa shape index (κ2) is 6.05. The number of rotatable bonds is 3. The van der Waals surface area contributed by atoms with Crippen LogP contribution in [-0.2, 0) is 4.79 Å². The molecule has 2 rings (SSSR count). The zero-order valence-electron chi connectivity index (χ0n) is 11.9. The van der Waals surface area contributed by atoms with Gasteiger partial charge in [-0.1, -0.05) is 25.7 Å². The van der Waals surface area contributed by atoms with E-state index in [2.05, 4.69) is 0 Å². The van der Waals surface area contributed by atoms with Crippen molar-refractivity contribution in [1.82, 2.24) is 4.90 Å². The molecule has 2 N–H and O–H groups in total. The topological polar surface area (TPSA) is 46.3 Å². The molecule has 3 heteroatoms. The fraction of sp³-hybridized carbons (Fsp3) is 0.933. The van der Waals surface area contributed by atoms with Crippen molar-refractivity contribution in [2.24, 2.45) is 23.5 Å². The summed E-state index contributed by atoms with van der Waals surface area (Å²) < 4.78 is 0. The maximum absolute atomic E-state index is 12.4. The Morgan fingerprint density at radius 2 is 1.89 bits per heavy atom. The van der Waals surface area contributed by atoms with E-state index < -0.39 is 0 Å². The predicted octanol–water partition coefficient (Wildman–Crippen LogP) is 2.40. The van der Waals surface area contributed by atoms with E-state index in [1.807, 2.05) is 18.9 Å². The number of nitrogens with two attached hydrogens (primary N) is 1. The molecule has 0 bridgehead atoms. The molecular weight excluding hydrogens is 224 g/mol. The van der Waals surface area contributed by atoms with Crippen molar-refractivity contribution >= 4 is 5.91 Å². The van der Waals surface area contributed by atoms with Gasteiger partial charge in [0.15, 0.2) is 0 Å². The first-order valence-corrected chi connectivity index (χ1v) is 7.60. The van der Waals surface area contributed by atoms with Crippen molar-refractivity contribution in [1.29, 1.82) is 0 Å². The molecule has 0 heterocycles. The highest BCUT2D eigenvalue weighted by atomic mass is 16.2. The molecule has 0 aromatic heterocycles. The predicted molar refractivity (Wildman–Crippen MR) is 74.1 cm³/mol. The Bertz CT molecular complexity index is 292. The smallest absolute Gasteiger partial charge is 0.225 e. The Morgan fingerprint density at radius 1 is 1.22 bits per heavy atom. The molecule has 1 amide bonds. The van der Waals surface area contributed by atoms with Gasteiger partial charge < -0.3 is 10.6 Å². The van der Waals surface area contributed by atoms with Crippen LogP contribution in [0.1, 0.15) is 51.9 Å². The van der Waals surface area contributed by atoms with Crippen molar-refractivity contribution in [3.63, 3.8) is 0 Å². The molecule has 2 aliphatic carbocycles. The highest BCUT2D eigenvalue weighted by molar-refractivity contribution is 5.79. The third-order valence-electron chi connectivity index (χ3n) is 5.24. The summed E-state index contributed by atoms with van der Waals surface area (Å²) in [4.78, 5) is 14.3. The lowest BCUT2D eigenvalue weighted by Gasteiger charge is -2.40. The van der Waals surface area contributed by atoms with Crippen LogP contribution in [0.5, 0.6) is 0 Å². The Labute approximate surface area is 111 Å². The van der Waals surface area contributed by atoms with Gasteiger partial charge in [0, 0.05) is 25.6 Å². The number of hydrogen-bond acceptors (Lipinski definition) is 2. The Kier molecular flexibility index (Phi) is 4.66. The van der Waals surface area contributed by atoms with E-state index >= 15 is 0 Å². The fourth-order valence-corrected chi connectivity index (χ4v) is 3.76. The molecule has 4 unspecified atom stereocenters. The standard InChI is InChI=1S/C15H28N2O/c1-11(10-16)17(2)15(18)14-8-7-12-5-3-4-6-13(12)9-14/h11-14H,3-10,16H2,1-2H3. The number of carbonyl (C=O) groups is 1. The van der Waals surface area contributed by atoms with Crippen LogP contribution in [0.15, 0.2) is 0 Å². The van der Waals surface area contributed by atoms with Gasteiger partial charge in [0.25, 0.3) is 0 Å². The Balaban J connectivity index is 1.92. The number of nitrogens with zero attached hydrogens (tertiary/aromatic N) is 1. The maximum atomic E-state index is 12.4. The number of amides is 1. The summed E-state index contributed by atoms with van der Waals surface area (Å²) >= 11 is 0. The zero-order valence-corrected chi connectivity index (χ0v) is 11.9. The van der Waals surface area contributed by atoms with Gasteiger partial charge in [-0.25, -0.2) is 0 Å². The number of carbonyl (C=O) groups excluding carboxylic acids is 1. The first-order chi connectivity index (χ1) is 8.63. The molecule has 3 nitrogen and oxygen atoms in total. The molecule has 2 saturated carbocycles.